The minimum absolute atomic E-state index is 0.391. The van der Waals surface area contributed by atoms with Crippen LogP contribution in [0.25, 0.3) is 0 Å². The lowest BCUT2D eigenvalue weighted by Crippen LogP contribution is -1.97. The Morgan fingerprint density at radius 1 is 1.64 bits per heavy atom. The number of hydrogen-bond acceptors (Lipinski definition) is 2. The third-order valence-corrected chi connectivity index (χ3v) is 1.76. The zero-order valence-electron chi connectivity index (χ0n) is 8.24. The van der Waals surface area contributed by atoms with E-state index < -0.39 is 0 Å². The average molecular weight is 189 g/mol. The second kappa shape index (κ2) is 6.01. The number of hydrogen-bond donors (Lipinski definition) is 1. The molecule has 1 rings (SSSR count). The van der Waals surface area contributed by atoms with E-state index in [1.165, 1.54) is 0 Å². The Morgan fingerprint density at radius 3 is 3.21 bits per heavy atom. The van der Waals surface area contributed by atoms with Gasteiger partial charge in [-0.3, -0.25) is 4.68 Å². The number of nitrogens with zero attached hydrogens (tertiary/aromatic N) is 2. The maximum Gasteiger partial charge on any atom is 0.0646 e. The van der Waals surface area contributed by atoms with Crippen molar-refractivity contribution in [2.75, 3.05) is 6.54 Å². The van der Waals surface area contributed by atoms with E-state index in [1.54, 1.807) is 6.20 Å². The molecule has 0 amide bonds. The molecule has 0 aliphatic heterocycles. The Kier molecular flexibility index (Phi) is 4.53. The van der Waals surface area contributed by atoms with Crippen LogP contribution in [0.3, 0.4) is 0 Å². The van der Waals surface area contributed by atoms with E-state index >= 15 is 0 Å². The summed E-state index contributed by atoms with van der Waals surface area (Å²) >= 11 is 0. The molecule has 0 aliphatic rings. The highest BCUT2D eigenvalue weighted by Gasteiger charge is 1.93. The van der Waals surface area contributed by atoms with Gasteiger partial charge in [0.2, 0.25) is 0 Å². The van der Waals surface area contributed by atoms with Gasteiger partial charge in [-0.15, -0.1) is 6.58 Å². The van der Waals surface area contributed by atoms with E-state index in [2.05, 4.69) is 23.5 Å². The lowest BCUT2D eigenvalue weighted by Gasteiger charge is -1.96. The summed E-state index contributed by atoms with van der Waals surface area (Å²) < 4.78 is 1.89. The molecule has 0 atom stereocenters. The van der Waals surface area contributed by atoms with E-state index in [9.17, 15) is 0 Å². The minimum Gasteiger partial charge on any atom is -0.320 e. The lowest BCUT2D eigenvalue weighted by atomic mass is 10.3. The molecule has 0 aromatic carbocycles. The van der Waals surface area contributed by atoms with Crippen molar-refractivity contribution in [1.29, 1.82) is 0 Å². The molecule has 0 bridgehead atoms. The van der Waals surface area contributed by atoms with Gasteiger partial charge in [-0.05, 0) is 12.8 Å². The highest BCUT2D eigenvalue weighted by molar-refractivity contribution is 5.29. The maximum atomic E-state index is 5.27. The van der Waals surface area contributed by atoms with Crippen LogP contribution in [0.2, 0.25) is 0 Å². The van der Waals surface area contributed by atoms with Gasteiger partial charge in [-0.25, -0.2) is 0 Å². The smallest absolute Gasteiger partial charge is 0.0646 e. The summed E-state index contributed by atoms with van der Waals surface area (Å²) in [5.74, 6) is 5.73. The fourth-order valence-electron chi connectivity index (χ4n) is 1.10. The Balaban J connectivity index is 2.46. The zero-order valence-corrected chi connectivity index (χ0v) is 8.24. The van der Waals surface area contributed by atoms with E-state index in [4.69, 9.17) is 5.73 Å². The summed E-state index contributed by atoms with van der Waals surface area (Å²) in [5, 5.41) is 4.18. The second-order valence-corrected chi connectivity index (χ2v) is 2.93. The molecule has 1 aromatic rings. The molecule has 0 saturated heterocycles. The Labute approximate surface area is 84.6 Å². The van der Waals surface area contributed by atoms with Crippen molar-refractivity contribution in [3.63, 3.8) is 0 Å². The number of nitrogens with two attached hydrogens (primary N) is 1. The van der Waals surface area contributed by atoms with E-state index in [0.29, 0.717) is 6.54 Å². The van der Waals surface area contributed by atoms with Crippen LogP contribution < -0.4 is 5.73 Å². The van der Waals surface area contributed by atoms with Crippen LogP contribution in [0.4, 0.5) is 0 Å². The summed E-state index contributed by atoms with van der Waals surface area (Å²) in [4.78, 5) is 0. The first-order chi connectivity index (χ1) is 6.86. The minimum atomic E-state index is 0.391. The highest BCUT2D eigenvalue weighted by Crippen LogP contribution is 1.98. The first kappa shape index (κ1) is 10.6. The summed E-state index contributed by atoms with van der Waals surface area (Å²) in [5.41, 5.74) is 6.19. The van der Waals surface area contributed by atoms with Crippen molar-refractivity contribution in [1.82, 2.24) is 9.78 Å². The summed E-state index contributed by atoms with van der Waals surface area (Å²) in [6.07, 6.45) is 7.69. The third kappa shape index (κ3) is 3.46. The first-order valence-electron chi connectivity index (χ1n) is 4.69. The number of aryl methyl sites for hydroxylation is 1. The SMILES string of the molecule is C=CCCCn1cc(C#CCN)cn1. The molecule has 2 N–H and O–H groups in total. The lowest BCUT2D eigenvalue weighted by molar-refractivity contribution is 0.584. The van der Waals surface area contributed by atoms with Crippen LogP contribution in [-0.2, 0) is 6.54 Å². The Hall–Kier alpha value is -1.53. The number of aromatic nitrogens is 2. The van der Waals surface area contributed by atoms with Crippen LogP contribution >= 0.6 is 0 Å². The largest absolute Gasteiger partial charge is 0.320 e. The fraction of sp³-hybridized carbons (Fsp3) is 0.364. The number of rotatable bonds is 4. The van der Waals surface area contributed by atoms with Gasteiger partial charge in [0.05, 0.1) is 18.3 Å². The fourth-order valence-corrected chi connectivity index (χ4v) is 1.10. The van der Waals surface area contributed by atoms with Crippen molar-refractivity contribution < 1.29 is 0 Å². The molecule has 1 aromatic heterocycles. The van der Waals surface area contributed by atoms with E-state index in [1.807, 2.05) is 17.0 Å². The molecule has 0 aliphatic carbocycles. The van der Waals surface area contributed by atoms with E-state index in [0.717, 1.165) is 24.9 Å². The van der Waals surface area contributed by atoms with Gasteiger partial charge in [0, 0.05) is 12.7 Å². The molecule has 0 fully saturated rings. The first-order valence-corrected chi connectivity index (χ1v) is 4.69. The van der Waals surface area contributed by atoms with Crippen LogP contribution in [-0.4, -0.2) is 16.3 Å². The summed E-state index contributed by atoms with van der Waals surface area (Å²) in [6, 6.07) is 0. The third-order valence-electron chi connectivity index (χ3n) is 1.76. The number of unbranched alkanes of at least 4 members (excludes halogenated alkanes) is 1. The van der Waals surface area contributed by atoms with Gasteiger partial charge in [-0.2, -0.15) is 5.10 Å². The molecular weight excluding hydrogens is 174 g/mol. The molecule has 74 valence electrons. The van der Waals surface area contributed by atoms with Gasteiger partial charge < -0.3 is 5.73 Å². The van der Waals surface area contributed by atoms with Crippen molar-refractivity contribution in [3.05, 3.63) is 30.6 Å². The van der Waals surface area contributed by atoms with Crippen LogP contribution in [0, 0.1) is 11.8 Å². The van der Waals surface area contributed by atoms with Crippen molar-refractivity contribution in [2.45, 2.75) is 19.4 Å². The van der Waals surface area contributed by atoms with Gasteiger partial charge in [0.15, 0.2) is 0 Å². The average Bonchev–Trinajstić information content (AvgIpc) is 2.63. The highest BCUT2D eigenvalue weighted by atomic mass is 15.3. The van der Waals surface area contributed by atoms with Crippen molar-refractivity contribution in [2.24, 2.45) is 5.73 Å². The number of allylic oxidation sites excluding steroid dienone is 1. The van der Waals surface area contributed by atoms with Gasteiger partial charge in [0.25, 0.3) is 0 Å². The molecule has 14 heavy (non-hydrogen) atoms. The van der Waals surface area contributed by atoms with Gasteiger partial charge in [0.1, 0.15) is 0 Å². The molecule has 3 nitrogen and oxygen atoms in total. The van der Waals surface area contributed by atoms with Crippen molar-refractivity contribution in [3.8, 4) is 11.8 Å². The van der Waals surface area contributed by atoms with Crippen LogP contribution in [0.5, 0.6) is 0 Å². The Bertz CT molecular complexity index is 341. The molecule has 3 heteroatoms. The molecule has 0 radical (unpaired) electrons. The predicted molar refractivity (Wildman–Crippen MR) is 57.6 cm³/mol. The standard InChI is InChI=1S/C11H15N3/c1-2-3-4-8-14-10-11(9-13-14)6-5-7-12/h2,9-10H,1,3-4,7-8,12H2. The molecule has 1 heterocycles. The summed E-state index contributed by atoms with van der Waals surface area (Å²) in [6.45, 7) is 4.98. The van der Waals surface area contributed by atoms with E-state index in [-0.39, 0.29) is 0 Å². The maximum absolute atomic E-state index is 5.27. The van der Waals surface area contributed by atoms with Crippen LogP contribution in [0.1, 0.15) is 18.4 Å². The van der Waals surface area contributed by atoms with Crippen molar-refractivity contribution >= 4 is 0 Å². The molecular formula is C11H15N3. The molecule has 0 spiro atoms. The monoisotopic (exact) mass is 189 g/mol. The Morgan fingerprint density at radius 2 is 2.50 bits per heavy atom. The molecule has 0 unspecified atom stereocenters. The van der Waals surface area contributed by atoms with Gasteiger partial charge >= 0.3 is 0 Å². The van der Waals surface area contributed by atoms with Gasteiger partial charge in [-0.1, -0.05) is 17.9 Å². The zero-order chi connectivity index (χ0) is 10.2. The normalized spacial score (nSPS) is 9.21. The predicted octanol–water partition coefficient (Wildman–Crippen LogP) is 1.16. The summed E-state index contributed by atoms with van der Waals surface area (Å²) in [7, 11) is 0. The molecule has 0 saturated carbocycles. The quantitative estimate of drug-likeness (QED) is 0.439. The second-order valence-electron chi connectivity index (χ2n) is 2.93. The van der Waals surface area contributed by atoms with Crippen LogP contribution in [0.15, 0.2) is 25.0 Å². The topological polar surface area (TPSA) is 43.8 Å².